The number of methoxy groups -OCH3 is 1. The second-order valence-electron chi connectivity index (χ2n) is 3.21. The van der Waals surface area contributed by atoms with E-state index in [2.05, 4.69) is 12.2 Å². The van der Waals surface area contributed by atoms with Crippen LogP contribution in [0.3, 0.4) is 0 Å². The number of halogens is 1. The largest absolute Gasteiger partial charge is 0.385 e. The van der Waals surface area contributed by atoms with Crippen LogP contribution in [0.4, 0.5) is 5.69 Å². The van der Waals surface area contributed by atoms with Crippen LogP contribution in [0.25, 0.3) is 0 Å². The standard InChI is InChI=1S/C12H16ClNO/c1-3-10-5-6-11(13)9-12(10)14-7-4-8-15-2/h3,5-6,9,14H,1,4,7-8H2,2H3. The molecule has 1 aromatic carbocycles. The summed E-state index contributed by atoms with van der Waals surface area (Å²) in [4.78, 5) is 0. The zero-order chi connectivity index (χ0) is 11.1. The van der Waals surface area contributed by atoms with E-state index in [0.717, 1.165) is 35.8 Å². The molecule has 0 saturated carbocycles. The number of benzene rings is 1. The summed E-state index contributed by atoms with van der Waals surface area (Å²) in [6.45, 7) is 5.39. The molecule has 0 heterocycles. The average Bonchev–Trinajstić information content (AvgIpc) is 2.25. The Morgan fingerprint density at radius 1 is 1.53 bits per heavy atom. The number of rotatable bonds is 6. The Hall–Kier alpha value is -0.860. The third-order valence-corrected chi connectivity index (χ3v) is 2.31. The van der Waals surface area contributed by atoms with Crippen LogP contribution in [-0.2, 0) is 4.74 Å². The predicted molar refractivity (Wildman–Crippen MR) is 65.2 cm³/mol. The van der Waals surface area contributed by atoms with Crippen LogP contribution < -0.4 is 5.32 Å². The van der Waals surface area contributed by atoms with Gasteiger partial charge in [-0.15, -0.1) is 6.42 Å². The molecule has 0 spiro atoms. The summed E-state index contributed by atoms with van der Waals surface area (Å²) in [7, 11) is 1.70. The summed E-state index contributed by atoms with van der Waals surface area (Å²) in [6.07, 6.45) is 2.79. The maximum Gasteiger partial charge on any atom is 0.143 e. The van der Waals surface area contributed by atoms with Crippen LogP contribution in [0.2, 0.25) is 5.02 Å². The van der Waals surface area contributed by atoms with Crippen LogP contribution in [-0.4, -0.2) is 20.3 Å². The molecule has 0 saturated heterocycles. The molecule has 0 atom stereocenters. The normalized spacial score (nSPS) is 10.1. The third-order valence-electron chi connectivity index (χ3n) is 2.08. The fraction of sp³-hybridized carbons (Fsp3) is 0.333. The van der Waals surface area contributed by atoms with Crippen LogP contribution in [0.15, 0.2) is 18.2 Å². The number of nitrogens with one attached hydrogen (secondary N) is 1. The van der Waals surface area contributed by atoms with Gasteiger partial charge in [0.15, 0.2) is 0 Å². The van der Waals surface area contributed by atoms with Crippen LogP contribution >= 0.6 is 11.6 Å². The monoisotopic (exact) mass is 225 g/mol. The molecule has 1 rings (SSSR count). The molecule has 0 unspecified atom stereocenters. The zero-order valence-electron chi connectivity index (χ0n) is 8.92. The molecule has 1 aromatic rings. The molecule has 1 N–H and O–H groups in total. The Bertz CT molecular complexity index is 302. The molecule has 0 aliphatic carbocycles. The fourth-order valence-corrected chi connectivity index (χ4v) is 1.47. The lowest BCUT2D eigenvalue weighted by atomic mass is 10.1. The van der Waals surface area contributed by atoms with Crippen molar-refractivity contribution in [3.8, 4) is 0 Å². The lowest BCUT2D eigenvalue weighted by Crippen LogP contribution is -2.06. The summed E-state index contributed by atoms with van der Waals surface area (Å²) in [5, 5.41) is 4.04. The summed E-state index contributed by atoms with van der Waals surface area (Å²) in [5.74, 6) is 0. The van der Waals surface area contributed by atoms with Gasteiger partial charge in [0.1, 0.15) is 11.3 Å². The second kappa shape index (κ2) is 6.59. The Balaban J connectivity index is 2.54. The molecular formula is C12H16ClNO. The van der Waals surface area contributed by atoms with Crippen molar-refractivity contribution in [2.75, 3.05) is 25.6 Å². The second-order valence-corrected chi connectivity index (χ2v) is 3.65. The van der Waals surface area contributed by atoms with Crippen molar-refractivity contribution in [3.05, 3.63) is 42.1 Å². The van der Waals surface area contributed by atoms with E-state index in [0.29, 0.717) is 0 Å². The molecular weight excluding hydrogens is 210 g/mol. The van der Waals surface area contributed by atoms with E-state index >= 15 is 0 Å². The number of hydrogen-bond donors (Lipinski definition) is 1. The van der Waals surface area contributed by atoms with E-state index in [1.807, 2.05) is 24.6 Å². The minimum Gasteiger partial charge on any atom is -0.385 e. The highest BCUT2D eigenvalue weighted by Gasteiger charge is 2.06. The quantitative estimate of drug-likeness (QED) is 0.593. The van der Waals surface area contributed by atoms with Crippen molar-refractivity contribution in [1.29, 1.82) is 0 Å². The van der Waals surface area contributed by atoms with Gasteiger partial charge >= 0.3 is 0 Å². The lowest BCUT2D eigenvalue weighted by molar-refractivity contribution is 0.198. The summed E-state index contributed by atoms with van der Waals surface area (Å²) in [6, 6.07) is 5.72. The summed E-state index contributed by atoms with van der Waals surface area (Å²) < 4.78 is 4.97. The number of anilines is 1. The van der Waals surface area contributed by atoms with Gasteiger partial charge in [-0.25, -0.2) is 0 Å². The molecule has 0 amide bonds. The molecule has 2 nitrogen and oxygen atoms in total. The van der Waals surface area contributed by atoms with E-state index in [9.17, 15) is 0 Å². The predicted octanol–water partition coefficient (Wildman–Crippen LogP) is 3.17. The average molecular weight is 226 g/mol. The molecule has 0 aliphatic heterocycles. The zero-order valence-corrected chi connectivity index (χ0v) is 9.68. The third kappa shape index (κ3) is 4.02. The molecule has 0 fully saturated rings. The van der Waals surface area contributed by atoms with E-state index in [4.69, 9.17) is 16.3 Å². The van der Waals surface area contributed by atoms with Crippen molar-refractivity contribution in [1.82, 2.24) is 0 Å². The molecule has 15 heavy (non-hydrogen) atoms. The highest BCUT2D eigenvalue weighted by atomic mass is 35.5. The van der Waals surface area contributed by atoms with Gasteiger partial charge in [0.25, 0.3) is 0 Å². The van der Waals surface area contributed by atoms with Crippen molar-refractivity contribution in [2.24, 2.45) is 0 Å². The Kier molecular flexibility index (Phi) is 5.37. The van der Waals surface area contributed by atoms with Gasteiger partial charge in [0.05, 0.1) is 5.02 Å². The van der Waals surface area contributed by atoms with E-state index < -0.39 is 0 Å². The van der Waals surface area contributed by atoms with Gasteiger partial charge in [-0.05, 0) is 6.42 Å². The molecule has 0 aliphatic rings. The van der Waals surface area contributed by atoms with Crippen molar-refractivity contribution in [2.45, 2.75) is 6.42 Å². The fourth-order valence-electron chi connectivity index (χ4n) is 1.30. The lowest BCUT2D eigenvalue weighted by Gasteiger charge is -2.06. The molecule has 0 aromatic heterocycles. The minimum absolute atomic E-state index is 0.731. The summed E-state index contributed by atoms with van der Waals surface area (Å²) >= 11 is 5.91. The Labute approximate surface area is 96.6 Å². The SMILES string of the molecule is [CH2-][CH+]c1ccc(Cl)cc1NCCCOC. The molecule has 0 bridgehead atoms. The van der Waals surface area contributed by atoms with Crippen molar-refractivity contribution in [3.63, 3.8) is 0 Å². The molecule has 3 heteroatoms. The van der Waals surface area contributed by atoms with Gasteiger partial charge in [-0.2, -0.15) is 0 Å². The van der Waals surface area contributed by atoms with Crippen LogP contribution in [0, 0.1) is 13.3 Å². The van der Waals surface area contributed by atoms with Crippen LogP contribution in [0.5, 0.6) is 0 Å². The van der Waals surface area contributed by atoms with Crippen LogP contribution in [0.1, 0.15) is 12.0 Å². The summed E-state index contributed by atoms with van der Waals surface area (Å²) in [5.41, 5.74) is 2.09. The van der Waals surface area contributed by atoms with Gasteiger partial charge < -0.3 is 10.1 Å². The van der Waals surface area contributed by atoms with Crippen molar-refractivity contribution < 1.29 is 4.74 Å². The first kappa shape index (κ1) is 12.2. The first-order chi connectivity index (χ1) is 7.27. The number of ether oxygens (including phenoxy) is 1. The van der Waals surface area contributed by atoms with Gasteiger partial charge in [-0.3, -0.25) is 6.92 Å². The highest BCUT2D eigenvalue weighted by molar-refractivity contribution is 6.30. The molecule has 0 radical (unpaired) electrons. The topological polar surface area (TPSA) is 21.3 Å². The maximum atomic E-state index is 5.91. The van der Waals surface area contributed by atoms with E-state index in [-0.39, 0.29) is 0 Å². The Morgan fingerprint density at radius 2 is 2.33 bits per heavy atom. The van der Waals surface area contributed by atoms with E-state index in [1.165, 1.54) is 0 Å². The number of hydrogen-bond acceptors (Lipinski definition) is 2. The van der Waals surface area contributed by atoms with Gasteiger partial charge in [0.2, 0.25) is 0 Å². The van der Waals surface area contributed by atoms with Gasteiger partial charge in [-0.1, -0.05) is 11.6 Å². The van der Waals surface area contributed by atoms with E-state index in [1.54, 1.807) is 7.11 Å². The molecule has 82 valence electrons. The minimum atomic E-state index is 0.731. The first-order valence-corrected chi connectivity index (χ1v) is 5.30. The highest BCUT2D eigenvalue weighted by Crippen LogP contribution is 2.22. The Morgan fingerprint density at radius 3 is 3.00 bits per heavy atom. The smallest absolute Gasteiger partial charge is 0.143 e. The van der Waals surface area contributed by atoms with Crippen molar-refractivity contribution >= 4 is 17.3 Å². The van der Waals surface area contributed by atoms with Gasteiger partial charge in [0, 0.05) is 38.5 Å². The first-order valence-electron chi connectivity index (χ1n) is 4.92. The maximum absolute atomic E-state index is 5.91.